The topological polar surface area (TPSA) is 51.2 Å². The van der Waals surface area contributed by atoms with Crippen molar-refractivity contribution in [3.8, 4) is 5.75 Å². The molecule has 0 bridgehead atoms. The molecule has 2 aromatic rings. The Kier molecular flexibility index (Phi) is 5.40. The molecule has 2 aromatic carbocycles. The Hall–Kier alpha value is -3.06. The molecule has 152 valence electrons. The Morgan fingerprint density at radius 3 is 2.52 bits per heavy atom. The van der Waals surface area contributed by atoms with Gasteiger partial charge in [-0.1, -0.05) is 18.7 Å². The van der Waals surface area contributed by atoms with E-state index < -0.39 is 18.2 Å². The number of hydrogen-bond acceptors (Lipinski definition) is 5. The summed E-state index contributed by atoms with van der Waals surface area (Å²) in [6.45, 7) is 6.19. The largest absolute Gasteiger partial charge is 0.497 e. The van der Waals surface area contributed by atoms with Crippen molar-refractivity contribution in [3.05, 3.63) is 66.5 Å². The molecule has 6 nitrogen and oxygen atoms in total. The van der Waals surface area contributed by atoms with E-state index in [4.69, 9.17) is 14.2 Å². The molecule has 0 radical (unpaired) electrons. The van der Waals surface area contributed by atoms with Gasteiger partial charge in [0.2, 0.25) is 0 Å². The van der Waals surface area contributed by atoms with Crippen LogP contribution >= 0.6 is 0 Å². The van der Waals surface area contributed by atoms with Crippen molar-refractivity contribution in [1.29, 1.82) is 0 Å². The molecule has 0 aliphatic carbocycles. The van der Waals surface area contributed by atoms with Crippen molar-refractivity contribution in [2.24, 2.45) is 0 Å². The van der Waals surface area contributed by atoms with Crippen LogP contribution in [0.1, 0.15) is 11.6 Å². The van der Waals surface area contributed by atoms with Crippen LogP contribution in [0.3, 0.4) is 0 Å². The third-order valence-electron chi connectivity index (χ3n) is 5.27. The molecule has 2 aliphatic rings. The highest BCUT2D eigenvalue weighted by atomic mass is 19.1. The van der Waals surface area contributed by atoms with Crippen LogP contribution in [0.2, 0.25) is 0 Å². The molecule has 2 fully saturated rings. The Labute approximate surface area is 169 Å². The van der Waals surface area contributed by atoms with E-state index in [0.29, 0.717) is 43.4 Å². The van der Waals surface area contributed by atoms with Crippen LogP contribution in [0, 0.1) is 5.82 Å². The predicted octanol–water partition coefficient (Wildman–Crippen LogP) is 3.92. The summed E-state index contributed by atoms with van der Waals surface area (Å²) in [6, 6.07) is 11.8. The minimum absolute atomic E-state index is 0.382. The fourth-order valence-electron chi connectivity index (χ4n) is 3.79. The summed E-state index contributed by atoms with van der Waals surface area (Å²) in [7, 11) is 1.59. The molecule has 0 saturated carbocycles. The summed E-state index contributed by atoms with van der Waals surface area (Å²) in [6.07, 6.45) is 0.512. The Bertz CT molecular complexity index is 896. The lowest BCUT2D eigenvalue weighted by molar-refractivity contribution is 0.122. The number of methoxy groups -OCH3 is 1. The van der Waals surface area contributed by atoms with Crippen molar-refractivity contribution in [2.45, 2.75) is 12.1 Å². The van der Waals surface area contributed by atoms with Crippen molar-refractivity contribution in [1.82, 2.24) is 0 Å². The second kappa shape index (κ2) is 8.13. The van der Waals surface area contributed by atoms with Crippen LogP contribution in [-0.4, -0.2) is 45.6 Å². The third kappa shape index (κ3) is 3.65. The number of cyclic esters (lactones) is 1. The normalized spacial score (nSPS) is 21.8. The number of ether oxygens (including phenoxy) is 3. The van der Waals surface area contributed by atoms with Gasteiger partial charge >= 0.3 is 6.09 Å². The fourth-order valence-corrected chi connectivity index (χ4v) is 3.79. The Morgan fingerprint density at radius 2 is 1.90 bits per heavy atom. The SMILES string of the molecule is C=C[C@H]1OC(=O)N(c2ccc(N3CCOCC3)c(F)c2)[C@@H]1c1ccc(OC)cc1. The highest BCUT2D eigenvalue weighted by molar-refractivity contribution is 5.91. The maximum Gasteiger partial charge on any atom is 0.415 e. The third-order valence-corrected chi connectivity index (χ3v) is 5.27. The number of hydrogen-bond donors (Lipinski definition) is 0. The number of halogens is 1. The second-order valence-electron chi connectivity index (χ2n) is 6.91. The molecule has 0 spiro atoms. The lowest BCUT2D eigenvalue weighted by Gasteiger charge is -2.30. The van der Waals surface area contributed by atoms with Gasteiger partial charge in [0.05, 0.1) is 31.7 Å². The number of morpholine rings is 1. The van der Waals surface area contributed by atoms with Gasteiger partial charge in [-0.05, 0) is 42.0 Å². The van der Waals surface area contributed by atoms with E-state index in [-0.39, 0.29) is 5.82 Å². The first kappa shape index (κ1) is 19.3. The lowest BCUT2D eigenvalue weighted by atomic mass is 10.00. The smallest absolute Gasteiger partial charge is 0.415 e. The van der Waals surface area contributed by atoms with E-state index in [1.54, 1.807) is 25.3 Å². The first-order valence-corrected chi connectivity index (χ1v) is 9.51. The summed E-state index contributed by atoms with van der Waals surface area (Å²) >= 11 is 0. The van der Waals surface area contributed by atoms with Gasteiger partial charge in [0.15, 0.2) is 0 Å². The van der Waals surface area contributed by atoms with Gasteiger partial charge in [-0.2, -0.15) is 0 Å². The number of anilines is 2. The van der Waals surface area contributed by atoms with Gasteiger partial charge in [-0.3, -0.25) is 4.90 Å². The summed E-state index contributed by atoms with van der Waals surface area (Å²) in [4.78, 5) is 16.0. The van der Waals surface area contributed by atoms with E-state index in [1.807, 2.05) is 29.2 Å². The minimum atomic E-state index is -0.544. The number of benzene rings is 2. The predicted molar refractivity (Wildman–Crippen MR) is 108 cm³/mol. The average Bonchev–Trinajstić information content (AvgIpc) is 3.10. The van der Waals surface area contributed by atoms with Crippen LogP contribution < -0.4 is 14.5 Å². The van der Waals surface area contributed by atoms with Crippen molar-refractivity contribution >= 4 is 17.5 Å². The fraction of sp³-hybridized carbons (Fsp3) is 0.318. The van der Waals surface area contributed by atoms with Gasteiger partial charge < -0.3 is 19.1 Å². The Morgan fingerprint density at radius 1 is 1.17 bits per heavy atom. The van der Waals surface area contributed by atoms with Gasteiger partial charge in [0.1, 0.15) is 23.7 Å². The summed E-state index contributed by atoms with van der Waals surface area (Å²) in [5, 5.41) is 0. The molecule has 0 N–H and O–H groups in total. The molecule has 0 aromatic heterocycles. The molecular formula is C22H23FN2O4. The standard InChI is InChI=1S/C22H23FN2O4/c1-3-20-21(15-4-7-17(27-2)8-5-15)25(22(26)29-20)16-6-9-19(18(23)14-16)24-10-12-28-13-11-24/h3-9,14,20-21H,1,10-13H2,2H3/t20-,21-/m1/s1. The molecule has 4 rings (SSSR count). The number of nitrogens with zero attached hydrogens (tertiary/aromatic N) is 2. The quantitative estimate of drug-likeness (QED) is 0.715. The summed E-state index contributed by atoms with van der Waals surface area (Å²) < 4.78 is 30.9. The van der Waals surface area contributed by atoms with Crippen LogP contribution in [0.4, 0.5) is 20.6 Å². The number of carbonyl (C=O) groups excluding carboxylic acids is 1. The molecule has 2 heterocycles. The highest BCUT2D eigenvalue weighted by Gasteiger charge is 2.42. The summed E-state index contributed by atoms with van der Waals surface area (Å²) in [5.41, 5.74) is 1.79. The number of rotatable bonds is 5. The zero-order valence-corrected chi connectivity index (χ0v) is 16.2. The lowest BCUT2D eigenvalue weighted by Crippen LogP contribution is -2.36. The van der Waals surface area contributed by atoms with Gasteiger partial charge in [0.25, 0.3) is 0 Å². The van der Waals surface area contributed by atoms with Crippen LogP contribution in [0.25, 0.3) is 0 Å². The van der Waals surface area contributed by atoms with E-state index in [0.717, 1.165) is 5.56 Å². The molecule has 2 aliphatic heterocycles. The zero-order valence-electron chi connectivity index (χ0n) is 16.2. The molecule has 7 heteroatoms. The maximum atomic E-state index is 14.9. The molecule has 29 heavy (non-hydrogen) atoms. The Balaban J connectivity index is 1.67. The van der Waals surface area contributed by atoms with E-state index in [1.165, 1.54) is 11.0 Å². The van der Waals surface area contributed by atoms with Gasteiger partial charge in [-0.25, -0.2) is 9.18 Å². The average molecular weight is 398 g/mol. The van der Waals surface area contributed by atoms with Crippen molar-refractivity contribution < 1.29 is 23.4 Å². The minimum Gasteiger partial charge on any atom is -0.497 e. The first-order chi connectivity index (χ1) is 14.1. The van der Waals surface area contributed by atoms with E-state index >= 15 is 0 Å². The van der Waals surface area contributed by atoms with E-state index in [9.17, 15) is 9.18 Å². The van der Waals surface area contributed by atoms with Crippen LogP contribution in [0.15, 0.2) is 55.1 Å². The second-order valence-corrected chi connectivity index (χ2v) is 6.91. The van der Waals surface area contributed by atoms with Gasteiger partial charge in [-0.15, -0.1) is 0 Å². The van der Waals surface area contributed by atoms with Crippen molar-refractivity contribution in [3.63, 3.8) is 0 Å². The first-order valence-electron chi connectivity index (χ1n) is 9.51. The molecule has 2 atom stereocenters. The molecule has 2 saturated heterocycles. The molecule has 1 amide bonds. The molecule has 0 unspecified atom stereocenters. The van der Waals surface area contributed by atoms with Crippen molar-refractivity contribution in [2.75, 3.05) is 43.2 Å². The van der Waals surface area contributed by atoms with Crippen LogP contribution in [-0.2, 0) is 9.47 Å². The maximum absolute atomic E-state index is 14.9. The highest BCUT2D eigenvalue weighted by Crippen LogP contribution is 2.39. The number of carbonyl (C=O) groups is 1. The monoisotopic (exact) mass is 398 g/mol. The number of amides is 1. The molecular weight excluding hydrogens is 375 g/mol. The van der Waals surface area contributed by atoms with Gasteiger partial charge in [0, 0.05) is 13.1 Å². The van der Waals surface area contributed by atoms with Crippen LogP contribution in [0.5, 0.6) is 5.75 Å². The summed E-state index contributed by atoms with van der Waals surface area (Å²) in [5.74, 6) is 0.328. The zero-order chi connectivity index (χ0) is 20.4. The van der Waals surface area contributed by atoms with E-state index in [2.05, 4.69) is 6.58 Å².